The van der Waals surface area contributed by atoms with Gasteiger partial charge in [-0.2, -0.15) is 0 Å². The molecule has 2 heterocycles. The van der Waals surface area contributed by atoms with Crippen LogP contribution in [0.5, 0.6) is 0 Å². The number of nitrogens with one attached hydrogen (secondary N) is 1. The van der Waals surface area contributed by atoms with E-state index in [1.807, 2.05) is 6.07 Å². The van der Waals surface area contributed by atoms with Crippen LogP contribution in [0.3, 0.4) is 0 Å². The number of para-hydroxylation sites is 1. The second-order valence-corrected chi connectivity index (χ2v) is 5.44. The Kier molecular flexibility index (Phi) is 4.29. The number of carbonyl (C=O) groups excluding carboxylic acids is 2. The zero-order valence-corrected chi connectivity index (χ0v) is 13.2. The van der Waals surface area contributed by atoms with Crippen molar-refractivity contribution in [1.29, 1.82) is 0 Å². The molecule has 122 valence electrons. The quantitative estimate of drug-likeness (QED) is 0.905. The van der Waals surface area contributed by atoms with E-state index >= 15 is 0 Å². The first kappa shape index (κ1) is 15.7. The van der Waals surface area contributed by atoms with Crippen molar-refractivity contribution in [3.05, 3.63) is 65.5 Å². The van der Waals surface area contributed by atoms with E-state index in [9.17, 15) is 14.7 Å². The van der Waals surface area contributed by atoms with Crippen molar-refractivity contribution >= 4 is 23.3 Å². The van der Waals surface area contributed by atoms with Gasteiger partial charge in [-0.15, -0.1) is 0 Å². The van der Waals surface area contributed by atoms with Gasteiger partial charge in [0.2, 0.25) is 5.91 Å². The molecule has 1 aromatic carbocycles. The van der Waals surface area contributed by atoms with Gasteiger partial charge in [0.1, 0.15) is 5.76 Å². The molecule has 0 aliphatic carbocycles. The molecule has 6 heteroatoms. The fourth-order valence-electron chi connectivity index (χ4n) is 2.72. The van der Waals surface area contributed by atoms with Gasteiger partial charge in [-0.25, -0.2) is 0 Å². The van der Waals surface area contributed by atoms with Gasteiger partial charge < -0.3 is 15.3 Å². The Balaban J connectivity index is 2.08. The van der Waals surface area contributed by atoms with Gasteiger partial charge in [-0.1, -0.05) is 18.2 Å². The molecule has 1 aromatic heterocycles. The number of carbonyl (C=O) groups is 2. The van der Waals surface area contributed by atoms with Crippen LogP contribution in [-0.4, -0.2) is 29.0 Å². The zero-order valence-electron chi connectivity index (χ0n) is 13.2. The summed E-state index contributed by atoms with van der Waals surface area (Å²) in [6.07, 6.45) is 3.19. The molecule has 0 unspecified atom stereocenters. The number of aromatic nitrogens is 1. The van der Waals surface area contributed by atoms with Crippen molar-refractivity contribution in [3.63, 3.8) is 0 Å². The third kappa shape index (κ3) is 2.86. The summed E-state index contributed by atoms with van der Waals surface area (Å²) in [6.45, 7) is 0.317. The second kappa shape index (κ2) is 6.54. The van der Waals surface area contributed by atoms with E-state index in [2.05, 4.69) is 10.3 Å². The first-order valence-corrected chi connectivity index (χ1v) is 7.54. The molecule has 0 saturated carbocycles. The Morgan fingerprint density at radius 3 is 2.79 bits per heavy atom. The molecule has 0 radical (unpaired) electrons. The van der Waals surface area contributed by atoms with Crippen LogP contribution in [0.25, 0.3) is 5.76 Å². The predicted octanol–water partition coefficient (Wildman–Crippen LogP) is 2.03. The molecule has 6 nitrogen and oxygen atoms in total. The summed E-state index contributed by atoms with van der Waals surface area (Å²) in [5.41, 5.74) is 1.97. The van der Waals surface area contributed by atoms with Gasteiger partial charge in [-0.05, 0) is 23.8 Å². The summed E-state index contributed by atoms with van der Waals surface area (Å²) >= 11 is 0. The van der Waals surface area contributed by atoms with E-state index in [0.717, 1.165) is 5.56 Å². The number of benzene rings is 1. The molecule has 2 aromatic rings. The smallest absolute Gasteiger partial charge is 0.251 e. The molecule has 3 rings (SSSR count). The molecule has 1 aliphatic rings. The average molecular weight is 323 g/mol. The predicted molar refractivity (Wildman–Crippen MR) is 90.1 cm³/mol. The summed E-state index contributed by atoms with van der Waals surface area (Å²) in [4.78, 5) is 30.4. The van der Waals surface area contributed by atoms with Crippen LogP contribution in [0.1, 0.15) is 17.5 Å². The number of aliphatic hydroxyl groups excluding tert-OH is 1. The van der Waals surface area contributed by atoms with Crippen molar-refractivity contribution < 1.29 is 14.7 Å². The minimum atomic E-state index is -0.459. The molecule has 0 fully saturated rings. The highest BCUT2D eigenvalue weighted by molar-refractivity contribution is 6.10. The van der Waals surface area contributed by atoms with Crippen molar-refractivity contribution in [2.75, 3.05) is 11.9 Å². The highest BCUT2D eigenvalue weighted by Gasteiger charge is 2.30. The first-order valence-electron chi connectivity index (χ1n) is 7.54. The number of fused-ring (bicyclic) bond motifs is 1. The number of hydrogen-bond acceptors (Lipinski definition) is 4. The van der Waals surface area contributed by atoms with Gasteiger partial charge in [-0.3, -0.25) is 14.6 Å². The minimum absolute atomic E-state index is 0.0728. The largest absolute Gasteiger partial charge is 0.507 e. The van der Waals surface area contributed by atoms with Crippen LogP contribution in [0, 0.1) is 0 Å². The zero-order chi connectivity index (χ0) is 17.1. The number of aliphatic hydroxyl groups is 1. The molecular weight excluding hydrogens is 306 g/mol. The maximum atomic E-state index is 12.7. The molecule has 2 amide bonds. The standard InChI is InChI=1S/C18H17N3O3/c1-19-18(24)14-9-16(22)21(11-12-5-4-8-20-10-12)15-7-3-2-6-13(15)17(14)23/h2-8,10,23H,9,11H2,1H3,(H,19,24). The van der Waals surface area contributed by atoms with Crippen LogP contribution in [0.2, 0.25) is 0 Å². The first-order chi connectivity index (χ1) is 11.6. The van der Waals surface area contributed by atoms with Gasteiger partial charge in [0, 0.05) is 25.0 Å². The summed E-state index contributed by atoms with van der Waals surface area (Å²) in [5, 5.41) is 13.0. The highest BCUT2D eigenvalue weighted by atomic mass is 16.3. The van der Waals surface area contributed by atoms with E-state index < -0.39 is 5.91 Å². The number of hydrogen-bond donors (Lipinski definition) is 2. The van der Waals surface area contributed by atoms with Crippen LogP contribution >= 0.6 is 0 Å². The lowest BCUT2D eigenvalue weighted by atomic mass is 10.1. The Labute approximate surface area is 139 Å². The number of nitrogens with zero attached hydrogens (tertiary/aromatic N) is 2. The Hall–Kier alpha value is -3.15. The number of rotatable bonds is 3. The van der Waals surface area contributed by atoms with Gasteiger partial charge in [0.25, 0.3) is 5.91 Å². The number of pyridine rings is 1. The van der Waals surface area contributed by atoms with Crippen molar-refractivity contribution in [2.24, 2.45) is 0 Å². The summed E-state index contributed by atoms with van der Waals surface area (Å²) in [7, 11) is 1.47. The van der Waals surface area contributed by atoms with Crippen LogP contribution in [0.15, 0.2) is 54.4 Å². The number of amides is 2. The van der Waals surface area contributed by atoms with Gasteiger partial charge >= 0.3 is 0 Å². The monoisotopic (exact) mass is 323 g/mol. The molecule has 24 heavy (non-hydrogen) atoms. The number of anilines is 1. The Morgan fingerprint density at radius 2 is 2.08 bits per heavy atom. The summed E-state index contributed by atoms with van der Waals surface area (Å²) < 4.78 is 0. The topological polar surface area (TPSA) is 82.5 Å². The van der Waals surface area contributed by atoms with Crippen LogP contribution in [-0.2, 0) is 16.1 Å². The van der Waals surface area contributed by atoms with Crippen molar-refractivity contribution in [1.82, 2.24) is 10.3 Å². The lowest BCUT2D eigenvalue weighted by molar-refractivity contribution is -0.121. The number of likely N-dealkylation sites (N-methyl/N-ethyl adjacent to an activating group) is 1. The second-order valence-electron chi connectivity index (χ2n) is 5.44. The molecule has 0 saturated heterocycles. The van der Waals surface area contributed by atoms with Crippen molar-refractivity contribution in [3.8, 4) is 0 Å². The van der Waals surface area contributed by atoms with E-state index in [1.165, 1.54) is 7.05 Å². The molecule has 0 atom stereocenters. The summed E-state index contributed by atoms with van der Waals surface area (Å²) in [6, 6.07) is 10.7. The molecule has 2 N–H and O–H groups in total. The molecule has 0 spiro atoms. The SMILES string of the molecule is CNC(=O)C1=C(O)c2ccccc2N(Cc2cccnc2)C(=O)C1. The van der Waals surface area contributed by atoms with E-state index in [4.69, 9.17) is 0 Å². The third-order valence-corrected chi connectivity index (χ3v) is 3.93. The van der Waals surface area contributed by atoms with Crippen LogP contribution in [0.4, 0.5) is 5.69 Å². The Bertz CT molecular complexity index is 815. The maximum absolute atomic E-state index is 12.7. The lowest BCUT2D eigenvalue weighted by Crippen LogP contribution is -2.31. The van der Waals surface area contributed by atoms with Gasteiger partial charge in [0.15, 0.2) is 0 Å². The molecule has 1 aliphatic heterocycles. The van der Waals surface area contributed by atoms with Crippen LogP contribution < -0.4 is 10.2 Å². The lowest BCUT2D eigenvalue weighted by Gasteiger charge is -2.23. The van der Waals surface area contributed by atoms with E-state index in [0.29, 0.717) is 17.8 Å². The van der Waals surface area contributed by atoms with Gasteiger partial charge in [0.05, 0.1) is 24.2 Å². The van der Waals surface area contributed by atoms with E-state index in [-0.39, 0.29) is 23.7 Å². The van der Waals surface area contributed by atoms with E-state index in [1.54, 1.807) is 47.6 Å². The fourth-order valence-corrected chi connectivity index (χ4v) is 2.72. The Morgan fingerprint density at radius 1 is 1.29 bits per heavy atom. The normalized spacial score (nSPS) is 14.2. The fraction of sp³-hybridized carbons (Fsp3) is 0.167. The summed E-state index contributed by atoms with van der Waals surface area (Å²) in [5.74, 6) is -0.875. The van der Waals surface area contributed by atoms with Crippen molar-refractivity contribution in [2.45, 2.75) is 13.0 Å². The minimum Gasteiger partial charge on any atom is -0.507 e. The maximum Gasteiger partial charge on any atom is 0.251 e. The third-order valence-electron chi connectivity index (χ3n) is 3.93. The average Bonchev–Trinajstić information content (AvgIpc) is 2.72. The molecular formula is C18H17N3O3. The molecule has 0 bridgehead atoms. The highest BCUT2D eigenvalue weighted by Crippen LogP contribution is 2.33.